The van der Waals surface area contributed by atoms with Gasteiger partial charge in [0.1, 0.15) is 5.75 Å². The number of benzene rings is 2. The summed E-state index contributed by atoms with van der Waals surface area (Å²) >= 11 is 0. The Morgan fingerprint density at radius 3 is 2.62 bits per heavy atom. The van der Waals surface area contributed by atoms with Gasteiger partial charge in [0.15, 0.2) is 0 Å². The third-order valence-corrected chi connectivity index (χ3v) is 3.58. The van der Waals surface area contributed by atoms with Crippen molar-refractivity contribution in [3.8, 4) is 5.75 Å². The fourth-order valence-electron chi connectivity index (χ4n) is 2.39. The van der Waals surface area contributed by atoms with Crippen molar-refractivity contribution in [2.45, 2.75) is 38.6 Å². The number of rotatable bonds is 8. The molecule has 0 heterocycles. The molecule has 0 saturated heterocycles. The summed E-state index contributed by atoms with van der Waals surface area (Å²) < 4.78 is 5.66. The van der Waals surface area contributed by atoms with Crippen molar-refractivity contribution in [1.29, 1.82) is 0 Å². The molecule has 2 aromatic rings. The van der Waals surface area contributed by atoms with Crippen LogP contribution in [-0.4, -0.2) is 6.61 Å². The van der Waals surface area contributed by atoms with Gasteiger partial charge >= 0.3 is 0 Å². The van der Waals surface area contributed by atoms with E-state index in [0.29, 0.717) is 0 Å². The highest BCUT2D eigenvalue weighted by Crippen LogP contribution is 2.22. The molecule has 0 saturated carbocycles. The van der Waals surface area contributed by atoms with Crippen LogP contribution in [0.4, 0.5) is 0 Å². The molecule has 0 aliphatic rings. The normalized spacial score (nSPS) is 12.1. The van der Waals surface area contributed by atoms with E-state index in [0.717, 1.165) is 43.6 Å². The van der Waals surface area contributed by atoms with Crippen LogP contribution in [0.5, 0.6) is 5.75 Å². The van der Waals surface area contributed by atoms with Crippen LogP contribution in [0.2, 0.25) is 0 Å². The lowest BCUT2D eigenvalue weighted by atomic mass is 9.99. The molecule has 2 heteroatoms. The number of hydrogen-bond acceptors (Lipinski definition) is 2. The predicted molar refractivity (Wildman–Crippen MR) is 88.5 cm³/mol. The predicted octanol–water partition coefficient (Wildman–Crippen LogP) is 4.50. The average Bonchev–Trinajstić information content (AvgIpc) is 2.54. The smallest absolute Gasteiger partial charge is 0.119 e. The van der Waals surface area contributed by atoms with Gasteiger partial charge in [0.05, 0.1) is 6.61 Å². The second-order valence-electron chi connectivity index (χ2n) is 5.41. The highest BCUT2D eigenvalue weighted by atomic mass is 16.5. The third kappa shape index (κ3) is 5.24. The maximum absolute atomic E-state index is 6.30. The maximum atomic E-state index is 6.30. The summed E-state index contributed by atoms with van der Waals surface area (Å²) in [6.45, 7) is 2.87. The molecular formula is C19H25NO. The molecule has 2 nitrogen and oxygen atoms in total. The van der Waals surface area contributed by atoms with Gasteiger partial charge in [0.25, 0.3) is 0 Å². The van der Waals surface area contributed by atoms with E-state index in [1.165, 1.54) is 5.56 Å². The van der Waals surface area contributed by atoms with Crippen molar-refractivity contribution in [3.63, 3.8) is 0 Å². The molecule has 1 atom stereocenters. The first-order chi connectivity index (χ1) is 10.3. The molecule has 2 aromatic carbocycles. The first kappa shape index (κ1) is 15.6. The quantitative estimate of drug-likeness (QED) is 0.774. The Hall–Kier alpha value is -1.80. The van der Waals surface area contributed by atoms with Crippen molar-refractivity contribution >= 4 is 0 Å². The molecule has 0 aliphatic carbocycles. The van der Waals surface area contributed by atoms with E-state index in [4.69, 9.17) is 10.5 Å². The van der Waals surface area contributed by atoms with Gasteiger partial charge in [-0.1, -0.05) is 49.4 Å². The molecule has 0 aromatic heterocycles. The zero-order valence-electron chi connectivity index (χ0n) is 12.8. The lowest BCUT2D eigenvalue weighted by Crippen LogP contribution is -2.10. The highest BCUT2D eigenvalue weighted by Gasteiger charge is 2.07. The molecule has 0 spiro atoms. The molecule has 112 valence electrons. The van der Waals surface area contributed by atoms with Crippen molar-refractivity contribution in [2.75, 3.05) is 6.61 Å². The van der Waals surface area contributed by atoms with Gasteiger partial charge in [0.2, 0.25) is 0 Å². The topological polar surface area (TPSA) is 35.2 Å². The fraction of sp³-hybridized carbons (Fsp3) is 0.368. The van der Waals surface area contributed by atoms with E-state index in [9.17, 15) is 0 Å². The summed E-state index contributed by atoms with van der Waals surface area (Å²) in [4.78, 5) is 0. The van der Waals surface area contributed by atoms with Crippen molar-refractivity contribution in [2.24, 2.45) is 5.73 Å². The zero-order valence-corrected chi connectivity index (χ0v) is 12.8. The fourth-order valence-corrected chi connectivity index (χ4v) is 2.39. The van der Waals surface area contributed by atoms with Gasteiger partial charge in [-0.2, -0.15) is 0 Å². The van der Waals surface area contributed by atoms with Crippen LogP contribution in [0.3, 0.4) is 0 Å². The van der Waals surface area contributed by atoms with E-state index < -0.39 is 0 Å². The Morgan fingerprint density at radius 1 is 1.05 bits per heavy atom. The standard InChI is InChI=1S/C19H25NO/c1-2-14-21-18-12-7-11-17(15-18)19(20)13-6-10-16-8-4-3-5-9-16/h3-5,7-9,11-12,15,19H,2,6,10,13-14,20H2,1H3. The summed E-state index contributed by atoms with van der Waals surface area (Å²) in [6.07, 6.45) is 4.20. The third-order valence-electron chi connectivity index (χ3n) is 3.58. The summed E-state index contributed by atoms with van der Waals surface area (Å²) in [5, 5.41) is 0. The van der Waals surface area contributed by atoms with Crippen molar-refractivity contribution < 1.29 is 4.74 Å². The average molecular weight is 283 g/mol. The lowest BCUT2D eigenvalue weighted by Gasteiger charge is -2.13. The molecule has 0 radical (unpaired) electrons. The van der Waals surface area contributed by atoms with E-state index in [1.807, 2.05) is 12.1 Å². The van der Waals surface area contributed by atoms with E-state index >= 15 is 0 Å². The van der Waals surface area contributed by atoms with E-state index in [2.05, 4.69) is 49.4 Å². The number of aryl methyl sites for hydroxylation is 1. The van der Waals surface area contributed by atoms with Crippen molar-refractivity contribution in [1.82, 2.24) is 0 Å². The van der Waals surface area contributed by atoms with Gasteiger partial charge < -0.3 is 10.5 Å². The maximum Gasteiger partial charge on any atom is 0.119 e. The Bertz CT molecular complexity index is 524. The Labute approximate surface area is 127 Å². The summed E-state index contributed by atoms with van der Waals surface area (Å²) in [5.41, 5.74) is 8.84. The van der Waals surface area contributed by atoms with Crippen LogP contribution >= 0.6 is 0 Å². The SMILES string of the molecule is CCCOc1cccc(C(N)CCCc2ccccc2)c1. The molecular weight excluding hydrogens is 258 g/mol. The summed E-state index contributed by atoms with van der Waals surface area (Å²) in [6, 6.07) is 18.8. The van der Waals surface area contributed by atoms with Crippen LogP contribution in [0.25, 0.3) is 0 Å². The largest absolute Gasteiger partial charge is 0.494 e. The van der Waals surface area contributed by atoms with E-state index in [-0.39, 0.29) is 6.04 Å². The van der Waals surface area contributed by atoms with Crippen LogP contribution in [0.15, 0.2) is 54.6 Å². The minimum atomic E-state index is 0.0823. The summed E-state index contributed by atoms with van der Waals surface area (Å²) in [5.74, 6) is 0.924. The van der Waals surface area contributed by atoms with Crippen LogP contribution in [0.1, 0.15) is 43.4 Å². The van der Waals surface area contributed by atoms with E-state index in [1.54, 1.807) is 0 Å². The number of hydrogen-bond donors (Lipinski definition) is 1. The number of nitrogens with two attached hydrogens (primary N) is 1. The van der Waals surface area contributed by atoms with Crippen molar-refractivity contribution in [3.05, 3.63) is 65.7 Å². The minimum absolute atomic E-state index is 0.0823. The molecule has 2 rings (SSSR count). The first-order valence-electron chi connectivity index (χ1n) is 7.82. The second kappa shape index (κ2) is 8.48. The molecule has 1 unspecified atom stereocenters. The van der Waals surface area contributed by atoms with Gasteiger partial charge in [-0.05, 0) is 48.9 Å². The lowest BCUT2D eigenvalue weighted by molar-refractivity contribution is 0.317. The monoisotopic (exact) mass is 283 g/mol. The second-order valence-corrected chi connectivity index (χ2v) is 5.41. The van der Waals surface area contributed by atoms with Gasteiger partial charge in [-0.3, -0.25) is 0 Å². The molecule has 2 N–H and O–H groups in total. The summed E-state index contributed by atoms with van der Waals surface area (Å²) in [7, 11) is 0. The Morgan fingerprint density at radius 2 is 1.86 bits per heavy atom. The Balaban J connectivity index is 1.83. The first-order valence-corrected chi connectivity index (χ1v) is 7.82. The molecule has 0 bridgehead atoms. The van der Waals surface area contributed by atoms with Crippen LogP contribution < -0.4 is 10.5 Å². The molecule has 0 fully saturated rings. The van der Waals surface area contributed by atoms with Crippen LogP contribution in [0, 0.1) is 0 Å². The molecule has 0 amide bonds. The zero-order chi connectivity index (χ0) is 14.9. The van der Waals surface area contributed by atoms with Gasteiger partial charge in [-0.15, -0.1) is 0 Å². The number of ether oxygens (including phenoxy) is 1. The highest BCUT2D eigenvalue weighted by molar-refractivity contribution is 5.30. The molecule has 0 aliphatic heterocycles. The van der Waals surface area contributed by atoms with Gasteiger partial charge in [0, 0.05) is 6.04 Å². The molecule has 21 heavy (non-hydrogen) atoms. The Kier molecular flexibility index (Phi) is 6.29. The van der Waals surface area contributed by atoms with Gasteiger partial charge in [-0.25, -0.2) is 0 Å². The minimum Gasteiger partial charge on any atom is -0.494 e. The van der Waals surface area contributed by atoms with Crippen LogP contribution in [-0.2, 0) is 6.42 Å².